The highest BCUT2D eigenvalue weighted by Crippen LogP contribution is 2.21. The zero-order chi connectivity index (χ0) is 17.8. The SMILES string of the molecule is Cc1ccc(CN(Cc2ccc(F)cc2)C(=O)c2ccccc2Br)o1. The van der Waals surface area contributed by atoms with Crippen molar-refractivity contribution >= 4 is 21.8 Å². The predicted molar refractivity (Wildman–Crippen MR) is 97.6 cm³/mol. The van der Waals surface area contributed by atoms with Gasteiger partial charge in [-0.25, -0.2) is 4.39 Å². The molecule has 0 saturated heterocycles. The molecule has 0 fully saturated rings. The fourth-order valence-electron chi connectivity index (χ4n) is 2.57. The third-order valence-electron chi connectivity index (χ3n) is 3.82. The first-order chi connectivity index (χ1) is 12.0. The minimum atomic E-state index is -0.297. The van der Waals surface area contributed by atoms with E-state index in [2.05, 4.69) is 15.9 Å². The van der Waals surface area contributed by atoms with E-state index in [0.29, 0.717) is 24.4 Å². The van der Waals surface area contributed by atoms with Gasteiger partial charge in [-0.15, -0.1) is 0 Å². The van der Waals surface area contributed by atoms with Gasteiger partial charge in [-0.1, -0.05) is 24.3 Å². The van der Waals surface area contributed by atoms with Crippen LogP contribution in [0, 0.1) is 12.7 Å². The maximum Gasteiger partial charge on any atom is 0.255 e. The van der Waals surface area contributed by atoms with Crippen molar-refractivity contribution in [3.63, 3.8) is 0 Å². The molecule has 0 aliphatic heterocycles. The number of halogens is 2. The molecule has 0 aliphatic carbocycles. The topological polar surface area (TPSA) is 33.5 Å². The molecule has 0 N–H and O–H groups in total. The summed E-state index contributed by atoms with van der Waals surface area (Å²) >= 11 is 3.43. The molecule has 1 heterocycles. The third-order valence-corrected chi connectivity index (χ3v) is 4.51. The maximum atomic E-state index is 13.1. The lowest BCUT2D eigenvalue weighted by Crippen LogP contribution is -2.30. The summed E-state index contributed by atoms with van der Waals surface area (Å²) in [7, 11) is 0. The Bertz CT molecular complexity index is 873. The quantitative estimate of drug-likeness (QED) is 0.578. The number of furan rings is 1. The molecule has 0 atom stereocenters. The lowest BCUT2D eigenvalue weighted by molar-refractivity contribution is 0.0716. The first kappa shape index (κ1) is 17.4. The fourth-order valence-corrected chi connectivity index (χ4v) is 3.03. The molecular weight excluding hydrogens is 385 g/mol. The summed E-state index contributed by atoms with van der Waals surface area (Å²) in [6.07, 6.45) is 0. The van der Waals surface area contributed by atoms with Gasteiger partial charge in [0.05, 0.1) is 12.1 Å². The van der Waals surface area contributed by atoms with Gasteiger partial charge in [-0.2, -0.15) is 0 Å². The van der Waals surface area contributed by atoms with Crippen LogP contribution < -0.4 is 0 Å². The average Bonchev–Trinajstić information content (AvgIpc) is 3.01. The van der Waals surface area contributed by atoms with Crippen molar-refractivity contribution in [2.24, 2.45) is 0 Å². The van der Waals surface area contributed by atoms with E-state index < -0.39 is 0 Å². The first-order valence-electron chi connectivity index (χ1n) is 7.86. The number of nitrogens with zero attached hydrogens (tertiary/aromatic N) is 1. The van der Waals surface area contributed by atoms with E-state index in [1.165, 1.54) is 12.1 Å². The van der Waals surface area contributed by atoms with Gasteiger partial charge in [0.2, 0.25) is 0 Å². The van der Waals surface area contributed by atoms with Crippen molar-refractivity contribution in [3.8, 4) is 0 Å². The number of carbonyl (C=O) groups excluding carboxylic acids is 1. The van der Waals surface area contributed by atoms with Crippen molar-refractivity contribution in [1.82, 2.24) is 4.90 Å². The second kappa shape index (κ2) is 7.66. The fraction of sp³-hybridized carbons (Fsp3) is 0.150. The summed E-state index contributed by atoms with van der Waals surface area (Å²) in [6.45, 7) is 2.56. The van der Waals surface area contributed by atoms with Crippen molar-refractivity contribution < 1.29 is 13.6 Å². The van der Waals surface area contributed by atoms with Crippen LogP contribution in [-0.4, -0.2) is 10.8 Å². The smallest absolute Gasteiger partial charge is 0.255 e. The highest BCUT2D eigenvalue weighted by molar-refractivity contribution is 9.10. The Balaban J connectivity index is 1.89. The first-order valence-corrected chi connectivity index (χ1v) is 8.66. The van der Waals surface area contributed by atoms with Crippen LogP contribution in [0.2, 0.25) is 0 Å². The summed E-state index contributed by atoms with van der Waals surface area (Å²) < 4.78 is 19.5. The van der Waals surface area contributed by atoms with Crippen molar-refractivity contribution in [1.29, 1.82) is 0 Å². The van der Waals surface area contributed by atoms with Crippen LogP contribution in [0.1, 0.15) is 27.4 Å². The molecule has 3 nitrogen and oxygen atoms in total. The molecule has 0 unspecified atom stereocenters. The minimum Gasteiger partial charge on any atom is -0.464 e. The summed E-state index contributed by atoms with van der Waals surface area (Å²) in [5, 5.41) is 0. The predicted octanol–water partition coefficient (Wildman–Crippen LogP) is 5.33. The van der Waals surface area contributed by atoms with Gasteiger partial charge in [-0.3, -0.25) is 4.79 Å². The Hall–Kier alpha value is -2.40. The summed E-state index contributed by atoms with van der Waals surface area (Å²) in [6, 6.07) is 17.2. The van der Waals surface area contributed by atoms with Gasteiger partial charge < -0.3 is 9.32 Å². The molecule has 0 saturated carbocycles. The molecule has 0 spiro atoms. The maximum absolute atomic E-state index is 13.1. The molecule has 0 bridgehead atoms. The van der Waals surface area contributed by atoms with Gasteiger partial charge >= 0.3 is 0 Å². The van der Waals surface area contributed by atoms with E-state index in [1.807, 2.05) is 37.3 Å². The molecule has 3 aromatic rings. The second-order valence-corrected chi connectivity index (χ2v) is 6.63. The molecule has 0 aliphatic rings. The van der Waals surface area contributed by atoms with Crippen LogP contribution >= 0.6 is 15.9 Å². The minimum absolute atomic E-state index is 0.120. The molecular formula is C20H17BrFNO2. The standard InChI is InChI=1S/C20H17BrFNO2/c1-14-6-11-17(25-14)13-23(12-15-7-9-16(22)10-8-15)20(24)18-4-2-3-5-19(18)21/h2-11H,12-13H2,1H3. The third kappa shape index (κ3) is 4.37. The Kier molecular flexibility index (Phi) is 5.34. The molecule has 25 heavy (non-hydrogen) atoms. The van der Waals surface area contributed by atoms with Crippen LogP contribution in [-0.2, 0) is 13.1 Å². The van der Waals surface area contributed by atoms with Crippen molar-refractivity contribution in [2.45, 2.75) is 20.0 Å². The van der Waals surface area contributed by atoms with E-state index in [4.69, 9.17) is 4.42 Å². The number of amides is 1. The summed E-state index contributed by atoms with van der Waals surface area (Å²) in [4.78, 5) is 14.7. The second-order valence-electron chi connectivity index (χ2n) is 5.78. The summed E-state index contributed by atoms with van der Waals surface area (Å²) in [5.41, 5.74) is 1.43. The highest BCUT2D eigenvalue weighted by Gasteiger charge is 2.20. The van der Waals surface area contributed by atoms with Gasteiger partial charge in [0.25, 0.3) is 5.91 Å². The highest BCUT2D eigenvalue weighted by atomic mass is 79.9. The van der Waals surface area contributed by atoms with Gasteiger partial charge in [0.15, 0.2) is 0 Å². The molecule has 1 amide bonds. The van der Waals surface area contributed by atoms with Crippen LogP contribution in [0.25, 0.3) is 0 Å². The van der Waals surface area contributed by atoms with Gasteiger partial charge in [0.1, 0.15) is 17.3 Å². The summed E-state index contributed by atoms with van der Waals surface area (Å²) in [5.74, 6) is 1.09. The monoisotopic (exact) mass is 401 g/mol. The number of benzene rings is 2. The van der Waals surface area contributed by atoms with Crippen LogP contribution in [0.4, 0.5) is 4.39 Å². The molecule has 3 rings (SSSR count). The molecule has 5 heteroatoms. The van der Waals surface area contributed by atoms with E-state index in [9.17, 15) is 9.18 Å². The Morgan fingerprint density at radius 1 is 1.04 bits per heavy atom. The normalized spacial score (nSPS) is 10.7. The zero-order valence-electron chi connectivity index (χ0n) is 13.7. The van der Waals surface area contributed by atoms with E-state index in [0.717, 1.165) is 15.8 Å². The number of hydrogen-bond donors (Lipinski definition) is 0. The molecule has 128 valence electrons. The van der Waals surface area contributed by atoms with Gasteiger partial charge in [-0.05, 0) is 64.8 Å². The van der Waals surface area contributed by atoms with Crippen LogP contribution in [0.3, 0.4) is 0 Å². The molecule has 0 radical (unpaired) electrons. The number of carbonyl (C=O) groups is 1. The van der Waals surface area contributed by atoms with Crippen LogP contribution in [0.5, 0.6) is 0 Å². The van der Waals surface area contributed by atoms with E-state index in [-0.39, 0.29) is 11.7 Å². The molecule has 2 aromatic carbocycles. The van der Waals surface area contributed by atoms with Gasteiger partial charge in [0, 0.05) is 11.0 Å². The van der Waals surface area contributed by atoms with Crippen molar-refractivity contribution in [2.75, 3.05) is 0 Å². The largest absolute Gasteiger partial charge is 0.464 e. The Morgan fingerprint density at radius 3 is 2.40 bits per heavy atom. The number of hydrogen-bond acceptors (Lipinski definition) is 2. The lowest BCUT2D eigenvalue weighted by atomic mass is 10.1. The van der Waals surface area contributed by atoms with Crippen LogP contribution in [0.15, 0.2) is 69.6 Å². The number of aryl methyl sites for hydroxylation is 1. The van der Waals surface area contributed by atoms with E-state index in [1.54, 1.807) is 23.1 Å². The Labute approximate surface area is 154 Å². The van der Waals surface area contributed by atoms with Crippen molar-refractivity contribution in [3.05, 3.63) is 93.6 Å². The lowest BCUT2D eigenvalue weighted by Gasteiger charge is -2.22. The Morgan fingerprint density at radius 2 is 1.76 bits per heavy atom. The number of rotatable bonds is 5. The average molecular weight is 402 g/mol. The molecule has 1 aromatic heterocycles. The zero-order valence-corrected chi connectivity index (χ0v) is 15.3. The van der Waals surface area contributed by atoms with E-state index >= 15 is 0 Å².